The van der Waals surface area contributed by atoms with Crippen molar-refractivity contribution in [1.29, 1.82) is 0 Å². The summed E-state index contributed by atoms with van der Waals surface area (Å²) in [5, 5.41) is 3.47. The number of anilines is 1. The summed E-state index contributed by atoms with van der Waals surface area (Å²) < 4.78 is 12.4. The summed E-state index contributed by atoms with van der Waals surface area (Å²) >= 11 is 3.53. The monoisotopic (exact) mass is 347 g/mol. The van der Waals surface area contributed by atoms with E-state index in [4.69, 9.17) is 9.47 Å². The average molecular weight is 348 g/mol. The van der Waals surface area contributed by atoms with Gasteiger partial charge < -0.3 is 14.8 Å². The molecule has 0 aromatic heterocycles. The molecule has 3 rings (SSSR count). The van der Waals surface area contributed by atoms with Gasteiger partial charge in [0, 0.05) is 16.2 Å². The van der Waals surface area contributed by atoms with Crippen LogP contribution in [0, 0.1) is 0 Å². The van der Waals surface area contributed by atoms with Gasteiger partial charge in [-0.25, -0.2) is 0 Å². The molecule has 0 fully saturated rings. The SMILES string of the molecule is COc1cccc(O[C@H]2CCc3cc(Br)ccc3NC2)c1. The van der Waals surface area contributed by atoms with Crippen LogP contribution in [0.25, 0.3) is 0 Å². The highest BCUT2D eigenvalue weighted by Crippen LogP contribution is 2.27. The molecule has 0 bridgehead atoms. The van der Waals surface area contributed by atoms with Gasteiger partial charge in [-0.1, -0.05) is 22.0 Å². The number of aryl methyl sites for hydroxylation is 1. The van der Waals surface area contributed by atoms with Crippen LogP contribution >= 0.6 is 15.9 Å². The van der Waals surface area contributed by atoms with Crippen LogP contribution in [0.5, 0.6) is 11.5 Å². The number of benzene rings is 2. The van der Waals surface area contributed by atoms with Crippen molar-refractivity contribution in [3.8, 4) is 11.5 Å². The zero-order chi connectivity index (χ0) is 14.7. The maximum Gasteiger partial charge on any atom is 0.123 e. The molecule has 21 heavy (non-hydrogen) atoms. The molecular formula is C17H18BrNO2. The second kappa shape index (κ2) is 6.39. The molecule has 1 heterocycles. The highest BCUT2D eigenvalue weighted by molar-refractivity contribution is 9.10. The van der Waals surface area contributed by atoms with Crippen molar-refractivity contribution in [2.75, 3.05) is 19.0 Å². The lowest BCUT2D eigenvalue weighted by atomic mass is 10.1. The number of ether oxygens (including phenoxy) is 2. The predicted molar refractivity (Wildman–Crippen MR) is 88.4 cm³/mol. The first-order valence-electron chi connectivity index (χ1n) is 7.07. The Morgan fingerprint density at radius 1 is 1.14 bits per heavy atom. The van der Waals surface area contributed by atoms with Gasteiger partial charge in [-0.3, -0.25) is 0 Å². The van der Waals surface area contributed by atoms with Gasteiger partial charge in [0.15, 0.2) is 0 Å². The summed E-state index contributed by atoms with van der Waals surface area (Å²) in [6.45, 7) is 0.811. The Morgan fingerprint density at radius 2 is 2.00 bits per heavy atom. The second-order valence-electron chi connectivity index (χ2n) is 5.14. The molecule has 0 unspecified atom stereocenters. The molecular weight excluding hydrogens is 330 g/mol. The minimum absolute atomic E-state index is 0.156. The minimum Gasteiger partial charge on any atom is -0.497 e. The Balaban J connectivity index is 1.69. The number of fused-ring (bicyclic) bond motifs is 1. The van der Waals surface area contributed by atoms with Gasteiger partial charge in [-0.05, 0) is 48.7 Å². The number of methoxy groups -OCH3 is 1. The maximum atomic E-state index is 6.09. The van der Waals surface area contributed by atoms with Crippen LogP contribution in [0.1, 0.15) is 12.0 Å². The first kappa shape index (κ1) is 14.3. The van der Waals surface area contributed by atoms with E-state index in [1.54, 1.807) is 7.11 Å². The molecule has 0 spiro atoms. The van der Waals surface area contributed by atoms with Gasteiger partial charge in [0.2, 0.25) is 0 Å². The number of rotatable bonds is 3. The Labute approximate surface area is 133 Å². The fourth-order valence-electron chi connectivity index (χ4n) is 2.55. The van der Waals surface area contributed by atoms with E-state index in [0.717, 1.165) is 35.4 Å². The fourth-order valence-corrected chi connectivity index (χ4v) is 2.96. The summed E-state index contributed by atoms with van der Waals surface area (Å²) in [4.78, 5) is 0. The van der Waals surface area contributed by atoms with E-state index in [1.807, 2.05) is 24.3 Å². The smallest absolute Gasteiger partial charge is 0.123 e. The van der Waals surface area contributed by atoms with Crippen LogP contribution in [-0.4, -0.2) is 19.8 Å². The van der Waals surface area contributed by atoms with Crippen molar-refractivity contribution in [3.63, 3.8) is 0 Å². The summed E-state index contributed by atoms with van der Waals surface area (Å²) in [5.74, 6) is 1.68. The summed E-state index contributed by atoms with van der Waals surface area (Å²) in [5.41, 5.74) is 2.54. The van der Waals surface area contributed by atoms with E-state index in [0.29, 0.717) is 0 Å². The number of hydrogen-bond donors (Lipinski definition) is 1. The Hall–Kier alpha value is -1.68. The van der Waals surface area contributed by atoms with E-state index >= 15 is 0 Å². The molecule has 110 valence electrons. The quantitative estimate of drug-likeness (QED) is 0.899. The third-order valence-corrected chi connectivity index (χ3v) is 4.16. The minimum atomic E-state index is 0.156. The van der Waals surface area contributed by atoms with Crippen molar-refractivity contribution >= 4 is 21.6 Å². The summed E-state index contributed by atoms with van der Waals surface area (Å²) in [6.07, 6.45) is 2.16. The molecule has 1 N–H and O–H groups in total. The molecule has 0 radical (unpaired) electrons. The van der Waals surface area contributed by atoms with Crippen LogP contribution in [0.2, 0.25) is 0 Å². The summed E-state index contributed by atoms with van der Waals surface area (Å²) in [7, 11) is 1.67. The predicted octanol–water partition coefficient (Wildman–Crippen LogP) is 4.26. The second-order valence-corrected chi connectivity index (χ2v) is 6.06. The van der Waals surface area contributed by atoms with Crippen molar-refractivity contribution in [1.82, 2.24) is 0 Å². The fraction of sp³-hybridized carbons (Fsp3) is 0.294. The Bertz CT molecular complexity index is 630. The third kappa shape index (κ3) is 3.50. The van der Waals surface area contributed by atoms with Crippen LogP contribution in [-0.2, 0) is 6.42 Å². The zero-order valence-electron chi connectivity index (χ0n) is 11.9. The first-order chi connectivity index (χ1) is 10.2. The molecule has 0 aliphatic carbocycles. The lowest BCUT2D eigenvalue weighted by Gasteiger charge is -2.17. The standard InChI is InChI=1S/C17H18BrNO2/c1-20-14-3-2-4-15(10-14)21-16-7-5-12-9-13(18)6-8-17(12)19-11-16/h2-4,6,8-10,16,19H,5,7,11H2,1H3/t16-/m0/s1. The van der Waals surface area contributed by atoms with Gasteiger partial charge in [0.25, 0.3) is 0 Å². The van der Waals surface area contributed by atoms with Crippen molar-refractivity contribution in [3.05, 3.63) is 52.5 Å². The van der Waals surface area contributed by atoms with Crippen molar-refractivity contribution < 1.29 is 9.47 Å². The largest absolute Gasteiger partial charge is 0.497 e. The molecule has 2 aromatic carbocycles. The molecule has 2 aromatic rings. The maximum absolute atomic E-state index is 6.09. The molecule has 1 aliphatic heterocycles. The average Bonchev–Trinajstić information content (AvgIpc) is 2.70. The van der Waals surface area contributed by atoms with Gasteiger partial charge >= 0.3 is 0 Å². The van der Waals surface area contributed by atoms with Crippen LogP contribution in [0.3, 0.4) is 0 Å². The molecule has 0 saturated carbocycles. The molecule has 0 saturated heterocycles. The number of halogens is 1. The van der Waals surface area contributed by atoms with E-state index in [-0.39, 0.29) is 6.10 Å². The highest BCUT2D eigenvalue weighted by Gasteiger charge is 2.17. The van der Waals surface area contributed by atoms with Crippen LogP contribution in [0.4, 0.5) is 5.69 Å². The van der Waals surface area contributed by atoms with Gasteiger partial charge in [0.05, 0.1) is 13.7 Å². The van der Waals surface area contributed by atoms with E-state index < -0.39 is 0 Å². The number of nitrogens with one attached hydrogen (secondary N) is 1. The third-order valence-electron chi connectivity index (χ3n) is 3.67. The highest BCUT2D eigenvalue weighted by atomic mass is 79.9. The van der Waals surface area contributed by atoms with Crippen molar-refractivity contribution in [2.24, 2.45) is 0 Å². The Morgan fingerprint density at radius 3 is 2.86 bits per heavy atom. The topological polar surface area (TPSA) is 30.5 Å². The normalized spacial score (nSPS) is 17.3. The summed E-state index contributed by atoms with van der Waals surface area (Å²) in [6, 6.07) is 14.1. The zero-order valence-corrected chi connectivity index (χ0v) is 13.5. The molecule has 1 atom stereocenters. The van der Waals surface area contributed by atoms with Gasteiger partial charge in [-0.15, -0.1) is 0 Å². The van der Waals surface area contributed by atoms with E-state index in [2.05, 4.69) is 39.4 Å². The first-order valence-corrected chi connectivity index (χ1v) is 7.87. The van der Waals surface area contributed by atoms with E-state index in [9.17, 15) is 0 Å². The van der Waals surface area contributed by atoms with E-state index in [1.165, 1.54) is 11.3 Å². The number of hydrogen-bond acceptors (Lipinski definition) is 3. The van der Waals surface area contributed by atoms with Gasteiger partial charge in [-0.2, -0.15) is 0 Å². The molecule has 3 nitrogen and oxygen atoms in total. The van der Waals surface area contributed by atoms with Crippen molar-refractivity contribution in [2.45, 2.75) is 18.9 Å². The lowest BCUT2D eigenvalue weighted by Crippen LogP contribution is -2.24. The molecule has 1 aliphatic rings. The Kier molecular flexibility index (Phi) is 4.34. The molecule has 4 heteroatoms. The lowest BCUT2D eigenvalue weighted by molar-refractivity contribution is 0.205. The molecule has 0 amide bonds. The van der Waals surface area contributed by atoms with Crippen LogP contribution < -0.4 is 14.8 Å². The van der Waals surface area contributed by atoms with Crippen LogP contribution in [0.15, 0.2) is 46.9 Å². The van der Waals surface area contributed by atoms with Gasteiger partial charge in [0.1, 0.15) is 17.6 Å².